The average molecular weight is 325 g/mol. The van der Waals surface area contributed by atoms with Gasteiger partial charge in [0.05, 0.1) is 22.0 Å². The molecule has 0 bridgehead atoms. The molecule has 1 aromatic heterocycles. The minimum atomic E-state index is 0.357. The lowest BCUT2D eigenvalue weighted by molar-refractivity contribution is 0.780. The van der Waals surface area contributed by atoms with Gasteiger partial charge in [0.25, 0.3) is 0 Å². The molecule has 4 nitrogen and oxygen atoms in total. The molecule has 0 unspecified atom stereocenters. The van der Waals surface area contributed by atoms with Crippen LogP contribution in [0.3, 0.4) is 0 Å². The summed E-state index contributed by atoms with van der Waals surface area (Å²) in [4.78, 5) is 0. The maximum atomic E-state index is 6.59. The Balaban J connectivity index is 2.21. The molecule has 0 saturated carbocycles. The van der Waals surface area contributed by atoms with Crippen LogP contribution in [0, 0.1) is 0 Å². The van der Waals surface area contributed by atoms with Gasteiger partial charge in [-0.25, -0.2) is 0 Å². The third-order valence-electron chi connectivity index (χ3n) is 3.66. The summed E-state index contributed by atoms with van der Waals surface area (Å²) < 4.78 is 1.72. The molecule has 116 valence electrons. The molecule has 3 aromatic rings. The van der Waals surface area contributed by atoms with Crippen LogP contribution in [0.4, 0.5) is 5.82 Å². The first kappa shape index (κ1) is 15.2. The van der Waals surface area contributed by atoms with Gasteiger partial charge in [0.2, 0.25) is 0 Å². The van der Waals surface area contributed by atoms with Crippen LogP contribution in [0.2, 0.25) is 0 Å². The quantitative estimate of drug-likeness (QED) is 0.772. The van der Waals surface area contributed by atoms with E-state index < -0.39 is 0 Å². The Morgan fingerprint density at radius 3 is 2.17 bits per heavy atom. The van der Waals surface area contributed by atoms with Crippen LogP contribution in [-0.2, 0) is 7.05 Å². The Morgan fingerprint density at radius 2 is 1.57 bits per heavy atom. The second-order valence-corrected chi connectivity index (χ2v) is 5.57. The molecular formula is C18H17ClN4. The second-order valence-electron chi connectivity index (χ2n) is 5.19. The van der Waals surface area contributed by atoms with Gasteiger partial charge < -0.3 is 11.5 Å². The number of hydrogen-bond donors (Lipinski definition) is 2. The van der Waals surface area contributed by atoms with E-state index in [0.717, 1.165) is 16.8 Å². The lowest BCUT2D eigenvalue weighted by atomic mass is 10.0. The largest absolute Gasteiger partial charge is 0.397 e. The molecule has 0 saturated heterocycles. The number of rotatable bonds is 3. The van der Waals surface area contributed by atoms with Gasteiger partial charge in [-0.1, -0.05) is 72.3 Å². The Labute approximate surface area is 140 Å². The van der Waals surface area contributed by atoms with Gasteiger partial charge in [-0.15, -0.1) is 0 Å². The Bertz CT molecular complexity index is 851. The van der Waals surface area contributed by atoms with E-state index in [2.05, 4.69) is 5.10 Å². The number of aromatic nitrogens is 2. The smallest absolute Gasteiger partial charge is 0.154 e. The number of hydrogen-bond acceptors (Lipinski definition) is 3. The molecule has 0 aliphatic carbocycles. The first-order valence-corrected chi connectivity index (χ1v) is 7.56. The lowest BCUT2D eigenvalue weighted by Gasteiger charge is -2.09. The SMILES string of the molecule is Cn1nc(N)c(/C(Cl)=C(\N)c2ccccc2)c1-c1ccccc1. The van der Waals surface area contributed by atoms with Crippen LogP contribution in [0.15, 0.2) is 60.7 Å². The van der Waals surface area contributed by atoms with Crippen molar-refractivity contribution >= 4 is 28.1 Å². The van der Waals surface area contributed by atoms with Crippen molar-refractivity contribution in [1.82, 2.24) is 9.78 Å². The first-order chi connectivity index (χ1) is 11.1. The normalized spacial score (nSPS) is 12.1. The van der Waals surface area contributed by atoms with E-state index >= 15 is 0 Å². The lowest BCUT2D eigenvalue weighted by Crippen LogP contribution is -2.01. The predicted molar refractivity (Wildman–Crippen MR) is 96.4 cm³/mol. The molecule has 3 rings (SSSR count). The molecule has 0 fully saturated rings. The monoisotopic (exact) mass is 324 g/mol. The minimum Gasteiger partial charge on any atom is -0.397 e. The summed E-state index contributed by atoms with van der Waals surface area (Å²) in [5, 5.41) is 4.71. The standard InChI is InChI=1S/C18H17ClN4/c1-23-17(13-10-6-3-7-11-13)14(18(21)22-23)15(19)16(20)12-8-4-2-5-9-12/h2-11H,20H2,1H3,(H2,21,22)/b16-15+. The fraction of sp³-hybridized carbons (Fsp3) is 0.0556. The molecule has 0 radical (unpaired) electrons. The van der Waals surface area contributed by atoms with Crippen LogP contribution in [0.5, 0.6) is 0 Å². The summed E-state index contributed by atoms with van der Waals surface area (Å²) in [6, 6.07) is 19.4. The van der Waals surface area contributed by atoms with E-state index in [9.17, 15) is 0 Å². The number of nitrogens with zero attached hydrogens (tertiary/aromatic N) is 2. The summed E-state index contributed by atoms with van der Waals surface area (Å²) in [5.41, 5.74) is 16.1. The highest BCUT2D eigenvalue weighted by Crippen LogP contribution is 2.37. The van der Waals surface area contributed by atoms with Crippen LogP contribution in [0.1, 0.15) is 11.1 Å². The van der Waals surface area contributed by atoms with Gasteiger partial charge >= 0.3 is 0 Å². The van der Waals surface area contributed by atoms with E-state index in [4.69, 9.17) is 23.1 Å². The van der Waals surface area contributed by atoms with Crippen molar-refractivity contribution in [2.45, 2.75) is 0 Å². The summed E-state index contributed by atoms with van der Waals surface area (Å²) >= 11 is 6.59. The van der Waals surface area contributed by atoms with Gasteiger partial charge in [-0.05, 0) is 5.56 Å². The van der Waals surface area contributed by atoms with Gasteiger partial charge in [-0.2, -0.15) is 5.10 Å². The van der Waals surface area contributed by atoms with Crippen LogP contribution < -0.4 is 11.5 Å². The van der Waals surface area contributed by atoms with Gasteiger partial charge in [0, 0.05) is 12.6 Å². The molecule has 0 aliphatic rings. The predicted octanol–water partition coefficient (Wildman–Crippen LogP) is 3.69. The molecule has 5 heteroatoms. The van der Waals surface area contributed by atoms with Crippen molar-refractivity contribution in [2.24, 2.45) is 12.8 Å². The number of nitrogens with two attached hydrogens (primary N) is 2. The van der Waals surface area contributed by atoms with Gasteiger partial charge in [-0.3, -0.25) is 4.68 Å². The van der Waals surface area contributed by atoms with E-state index in [1.54, 1.807) is 4.68 Å². The fourth-order valence-electron chi connectivity index (χ4n) is 2.57. The number of benzene rings is 2. The van der Waals surface area contributed by atoms with E-state index in [0.29, 0.717) is 22.1 Å². The molecule has 4 N–H and O–H groups in total. The molecule has 0 aliphatic heterocycles. The molecule has 1 heterocycles. The van der Waals surface area contributed by atoms with Crippen LogP contribution in [-0.4, -0.2) is 9.78 Å². The van der Waals surface area contributed by atoms with Crippen molar-refractivity contribution in [1.29, 1.82) is 0 Å². The summed E-state index contributed by atoms with van der Waals surface area (Å²) in [5.74, 6) is 0.357. The zero-order chi connectivity index (χ0) is 16.4. The maximum Gasteiger partial charge on any atom is 0.154 e. The third-order valence-corrected chi connectivity index (χ3v) is 4.05. The fourth-order valence-corrected chi connectivity index (χ4v) is 2.86. The van der Waals surface area contributed by atoms with E-state index in [1.807, 2.05) is 67.7 Å². The number of halogens is 1. The van der Waals surface area contributed by atoms with Crippen molar-refractivity contribution in [2.75, 3.05) is 5.73 Å². The van der Waals surface area contributed by atoms with Gasteiger partial charge in [0.1, 0.15) is 0 Å². The zero-order valence-electron chi connectivity index (χ0n) is 12.7. The van der Waals surface area contributed by atoms with Crippen LogP contribution in [0.25, 0.3) is 22.0 Å². The van der Waals surface area contributed by atoms with Crippen molar-refractivity contribution in [3.63, 3.8) is 0 Å². The summed E-state index contributed by atoms with van der Waals surface area (Å²) in [6.45, 7) is 0. The number of aryl methyl sites for hydroxylation is 1. The Hall–Kier alpha value is -2.72. The van der Waals surface area contributed by atoms with Crippen molar-refractivity contribution < 1.29 is 0 Å². The molecule has 23 heavy (non-hydrogen) atoms. The minimum absolute atomic E-state index is 0.357. The van der Waals surface area contributed by atoms with Gasteiger partial charge in [0.15, 0.2) is 5.82 Å². The Morgan fingerprint density at radius 1 is 1.00 bits per heavy atom. The first-order valence-electron chi connectivity index (χ1n) is 7.18. The molecule has 2 aromatic carbocycles. The summed E-state index contributed by atoms with van der Waals surface area (Å²) in [6.07, 6.45) is 0. The third kappa shape index (κ3) is 2.81. The molecular weight excluding hydrogens is 308 g/mol. The topological polar surface area (TPSA) is 69.9 Å². The van der Waals surface area contributed by atoms with Crippen LogP contribution >= 0.6 is 11.6 Å². The second kappa shape index (κ2) is 6.18. The highest BCUT2D eigenvalue weighted by Gasteiger charge is 2.20. The Kier molecular flexibility index (Phi) is 4.08. The summed E-state index contributed by atoms with van der Waals surface area (Å²) in [7, 11) is 1.84. The average Bonchev–Trinajstić information content (AvgIpc) is 2.89. The number of anilines is 1. The van der Waals surface area contributed by atoms with Crippen molar-refractivity contribution in [3.8, 4) is 11.3 Å². The van der Waals surface area contributed by atoms with Crippen molar-refractivity contribution in [3.05, 3.63) is 71.8 Å². The number of nitrogen functional groups attached to an aromatic ring is 1. The zero-order valence-corrected chi connectivity index (χ0v) is 13.5. The molecule has 0 spiro atoms. The van der Waals surface area contributed by atoms with E-state index in [-0.39, 0.29) is 0 Å². The highest BCUT2D eigenvalue weighted by atomic mass is 35.5. The molecule has 0 atom stereocenters. The molecule has 0 amide bonds. The highest BCUT2D eigenvalue weighted by molar-refractivity contribution is 6.53. The van der Waals surface area contributed by atoms with E-state index in [1.165, 1.54) is 0 Å². The maximum absolute atomic E-state index is 6.59.